The predicted octanol–water partition coefficient (Wildman–Crippen LogP) is 4.07. The Morgan fingerprint density at radius 1 is 0.959 bits per heavy atom. The van der Waals surface area contributed by atoms with E-state index in [2.05, 4.69) is 39.4 Å². The molecule has 3 fully saturated rings. The summed E-state index contributed by atoms with van der Waals surface area (Å²) in [6.07, 6.45) is 7.76. The number of ether oxygens (including phenoxy) is 2. The lowest BCUT2D eigenvalue weighted by molar-refractivity contribution is -0.134. The second kappa shape index (κ2) is 12.0. The van der Waals surface area contributed by atoms with E-state index in [9.17, 15) is 14.4 Å². The van der Waals surface area contributed by atoms with Gasteiger partial charge in [0.2, 0.25) is 11.8 Å². The van der Waals surface area contributed by atoms with Crippen molar-refractivity contribution in [3.05, 3.63) is 69.3 Å². The number of carbonyl (C=O) groups is 2. The molecule has 2 aromatic carbocycles. The van der Waals surface area contributed by atoms with Crippen LogP contribution in [0.25, 0.3) is 22.0 Å². The number of pyridine rings is 1. The van der Waals surface area contributed by atoms with Crippen molar-refractivity contribution in [1.29, 1.82) is 0 Å². The molecular formula is C38H44N6O5. The van der Waals surface area contributed by atoms with E-state index in [-0.39, 0.29) is 22.8 Å². The van der Waals surface area contributed by atoms with Crippen molar-refractivity contribution in [2.45, 2.75) is 57.4 Å². The summed E-state index contributed by atoms with van der Waals surface area (Å²) >= 11 is 0. The van der Waals surface area contributed by atoms with E-state index < -0.39 is 5.92 Å². The van der Waals surface area contributed by atoms with Crippen molar-refractivity contribution in [1.82, 2.24) is 24.6 Å². The van der Waals surface area contributed by atoms with Crippen LogP contribution in [0.1, 0.15) is 60.4 Å². The second-order valence-electron chi connectivity index (χ2n) is 14.4. The molecule has 1 atom stereocenters. The number of para-hydroxylation sites is 1. The highest BCUT2D eigenvalue weighted by Crippen LogP contribution is 2.46. The van der Waals surface area contributed by atoms with Gasteiger partial charge in [-0.25, -0.2) is 0 Å². The van der Waals surface area contributed by atoms with Gasteiger partial charge in [0, 0.05) is 68.3 Å². The van der Waals surface area contributed by atoms with Gasteiger partial charge in [-0.1, -0.05) is 12.1 Å². The van der Waals surface area contributed by atoms with Crippen LogP contribution in [-0.4, -0.2) is 71.5 Å². The number of anilines is 1. The van der Waals surface area contributed by atoms with Crippen molar-refractivity contribution in [3.8, 4) is 22.6 Å². The lowest BCUT2D eigenvalue weighted by Gasteiger charge is -2.55. The first-order chi connectivity index (χ1) is 23.7. The molecule has 11 heteroatoms. The molecule has 2 amide bonds. The minimum atomic E-state index is -0.411. The van der Waals surface area contributed by atoms with Crippen molar-refractivity contribution in [2.75, 3.05) is 45.3 Å². The maximum Gasteiger partial charge on any atom is 0.253 e. The Balaban J connectivity index is 0.968. The molecular weight excluding hydrogens is 620 g/mol. The minimum absolute atomic E-state index is 0.109. The maximum absolute atomic E-state index is 12.7. The third kappa shape index (κ3) is 5.29. The van der Waals surface area contributed by atoms with Gasteiger partial charge in [0.1, 0.15) is 11.5 Å². The molecule has 1 N–H and O–H groups in total. The number of piperidine rings is 2. The first-order valence-corrected chi connectivity index (χ1v) is 17.4. The van der Waals surface area contributed by atoms with E-state index >= 15 is 0 Å². The Bertz CT molecular complexity index is 2020. The molecule has 1 unspecified atom stereocenters. The summed E-state index contributed by atoms with van der Waals surface area (Å²) in [7, 11) is 7.21. The van der Waals surface area contributed by atoms with Gasteiger partial charge in [-0.05, 0) is 80.9 Å². The van der Waals surface area contributed by atoms with Gasteiger partial charge in [-0.3, -0.25) is 29.3 Å². The molecule has 2 aromatic heterocycles. The van der Waals surface area contributed by atoms with E-state index in [0.717, 1.165) is 126 Å². The second-order valence-corrected chi connectivity index (χ2v) is 14.4. The molecule has 4 aliphatic rings. The van der Waals surface area contributed by atoms with Gasteiger partial charge in [0.05, 0.1) is 42.6 Å². The van der Waals surface area contributed by atoms with Gasteiger partial charge in [0.25, 0.3) is 5.56 Å². The summed E-state index contributed by atoms with van der Waals surface area (Å²) in [4.78, 5) is 42.1. The van der Waals surface area contributed by atoms with Crippen molar-refractivity contribution < 1.29 is 19.1 Å². The number of nitrogens with one attached hydrogen (secondary N) is 1. The third-order valence-corrected chi connectivity index (χ3v) is 11.5. The topological polar surface area (TPSA) is 111 Å². The van der Waals surface area contributed by atoms with Crippen molar-refractivity contribution in [3.63, 3.8) is 0 Å². The molecule has 3 aliphatic heterocycles. The largest absolute Gasteiger partial charge is 0.496 e. The molecule has 1 aliphatic carbocycles. The van der Waals surface area contributed by atoms with Gasteiger partial charge >= 0.3 is 0 Å². The first kappa shape index (κ1) is 31.6. The molecule has 11 nitrogen and oxygen atoms in total. The van der Waals surface area contributed by atoms with Crippen LogP contribution in [0.5, 0.6) is 11.5 Å². The monoisotopic (exact) mass is 664 g/mol. The Labute approximate surface area is 285 Å². The molecule has 0 saturated carbocycles. The van der Waals surface area contributed by atoms with Gasteiger partial charge in [-0.2, -0.15) is 5.10 Å². The molecule has 5 heterocycles. The average Bonchev–Trinajstić information content (AvgIpc) is 3.71. The summed E-state index contributed by atoms with van der Waals surface area (Å²) in [6.45, 7) is 4.71. The number of hydrogen-bond acceptors (Lipinski definition) is 8. The average molecular weight is 665 g/mol. The van der Waals surface area contributed by atoms with Crippen LogP contribution in [0.3, 0.4) is 0 Å². The summed E-state index contributed by atoms with van der Waals surface area (Å²) in [5, 5.41) is 8.27. The van der Waals surface area contributed by atoms with Crippen LogP contribution < -0.4 is 25.2 Å². The lowest BCUT2D eigenvalue weighted by atomic mass is 9.71. The SMILES string of the molecule is COc1cc(-c2cn(C)c(=O)c3c2CCC3)cc(OC)c1CN1CCC2(CC1)CN(c1cccc3c(C4CCC(=O)NC4=O)nn(C)c13)C2. The van der Waals surface area contributed by atoms with Crippen LogP contribution in [0, 0.1) is 5.41 Å². The summed E-state index contributed by atoms with van der Waals surface area (Å²) in [6, 6.07) is 10.5. The van der Waals surface area contributed by atoms with Crippen molar-refractivity contribution >= 4 is 28.4 Å². The zero-order chi connectivity index (χ0) is 34.0. The molecule has 49 heavy (non-hydrogen) atoms. The first-order valence-electron chi connectivity index (χ1n) is 17.4. The van der Waals surface area contributed by atoms with E-state index in [0.29, 0.717) is 12.8 Å². The molecule has 1 spiro atoms. The molecule has 3 saturated heterocycles. The van der Waals surface area contributed by atoms with Gasteiger partial charge in [-0.15, -0.1) is 0 Å². The van der Waals surface area contributed by atoms with E-state index in [1.165, 1.54) is 0 Å². The minimum Gasteiger partial charge on any atom is -0.496 e. The zero-order valence-corrected chi connectivity index (χ0v) is 28.8. The number of nitrogens with zero attached hydrogens (tertiary/aromatic N) is 5. The normalized spacial score (nSPS) is 20.4. The van der Waals surface area contributed by atoms with Crippen LogP contribution in [0.15, 0.2) is 41.3 Å². The van der Waals surface area contributed by atoms with Gasteiger partial charge < -0.3 is 18.9 Å². The fraction of sp³-hybridized carbons (Fsp3) is 0.474. The highest BCUT2D eigenvalue weighted by atomic mass is 16.5. The Morgan fingerprint density at radius 3 is 2.37 bits per heavy atom. The fourth-order valence-electron chi connectivity index (χ4n) is 8.83. The standard InChI is InChI=1S/C38H44N6O5/c1-41-19-28(24-7-5-8-25(24)37(41)47)23-17-31(48-3)29(32(18-23)49-4)20-43-15-13-38(14-16-43)21-44(22-38)30-10-6-9-26-34(40-42(2)35(26)30)27-11-12-33(45)39-36(27)46/h6,9-10,17-19,27H,5,7-8,11-16,20-22H2,1-4H3,(H,39,45,46). The Kier molecular flexibility index (Phi) is 7.77. The Hall–Kier alpha value is -4.64. The number of likely N-dealkylation sites (tertiary alicyclic amines) is 1. The molecule has 256 valence electrons. The van der Waals surface area contributed by atoms with Gasteiger partial charge in [0.15, 0.2) is 0 Å². The number of carbonyl (C=O) groups excluding carboxylic acids is 2. The van der Waals surface area contributed by atoms with Crippen LogP contribution in [-0.2, 0) is 43.1 Å². The number of rotatable bonds is 7. The Morgan fingerprint density at radius 2 is 1.67 bits per heavy atom. The van der Waals surface area contributed by atoms with E-state index in [4.69, 9.17) is 14.6 Å². The van der Waals surface area contributed by atoms with Crippen LogP contribution >= 0.6 is 0 Å². The third-order valence-electron chi connectivity index (χ3n) is 11.5. The number of methoxy groups -OCH3 is 2. The number of aryl methyl sites for hydroxylation is 2. The van der Waals surface area contributed by atoms with Crippen molar-refractivity contribution in [2.24, 2.45) is 19.5 Å². The predicted molar refractivity (Wildman–Crippen MR) is 187 cm³/mol. The van der Waals surface area contributed by atoms with Crippen LogP contribution in [0.2, 0.25) is 0 Å². The molecule has 0 radical (unpaired) electrons. The van der Waals surface area contributed by atoms with Crippen LogP contribution in [0.4, 0.5) is 5.69 Å². The molecule has 8 rings (SSSR count). The number of aromatic nitrogens is 3. The quantitative estimate of drug-likeness (QED) is 0.295. The number of amides is 2. The summed E-state index contributed by atoms with van der Waals surface area (Å²) in [5.74, 6) is 0.745. The smallest absolute Gasteiger partial charge is 0.253 e. The maximum atomic E-state index is 12.7. The zero-order valence-electron chi connectivity index (χ0n) is 28.8. The fourth-order valence-corrected chi connectivity index (χ4v) is 8.83. The summed E-state index contributed by atoms with van der Waals surface area (Å²) in [5.41, 5.74) is 8.58. The van der Waals surface area contributed by atoms with E-state index in [1.54, 1.807) is 18.8 Å². The number of fused-ring (bicyclic) bond motifs is 2. The molecule has 0 bridgehead atoms. The number of benzene rings is 2. The molecule has 4 aromatic rings. The number of hydrogen-bond donors (Lipinski definition) is 1. The highest BCUT2D eigenvalue weighted by molar-refractivity contribution is 6.03. The van der Waals surface area contributed by atoms with E-state index in [1.807, 2.05) is 31.0 Å². The lowest BCUT2D eigenvalue weighted by Crippen LogP contribution is -2.60. The highest BCUT2D eigenvalue weighted by Gasteiger charge is 2.46. The summed E-state index contributed by atoms with van der Waals surface area (Å²) < 4.78 is 15.5. The number of imide groups is 1.